The lowest BCUT2D eigenvalue weighted by Gasteiger charge is -2.05. The van der Waals surface area contributed by atoms with Gasteiger partial charge in [-0.05, 0) is 0 Å². The average Bonchev–Trinajstić information content (AvgIpc) is 1.53. The number of phosphoric acid groups is 1. The third-order valence-electron chi connectivity index (χ3n) is 0.387. The predicted molar refractivity (Wildman–Crippen MR) is 41.2 cm³/mol. The van der Waals surface area contributed by atoms with E-state index in [1.54, 1.807) is 0 Å². The van der Waals surface area contributed by atoms with Crippen molar-refractivity contribution in [3.63, 3.8) is 0 Å². The molecular formula is CH9O8P3. The summed E-state index contributed by atoms with van der Waals surface area (Å²) in [6, 6.07) is 0. The number of hydrogen-bond donors (Lipinski definition) is 3. The Balaban J connectivity index is 0. The Hall–Kier alpha value is 0.490. The van der Waals surface area contributed by atoms with Crippen molar-refractivity contribution in [2.75, 3.05) is 0 Å². The van der Waals surface area contributed by atoms with Crippen molar-refractivity contribution in [1.82, 2.24) is 0 Å². The zero-order valence-electron chi connectivity index (χ0n) is 4.83. The first kappa shape index (κ1) is 15.0. The number of hydrogen-bond acceptors (Lipinski definition) is 5. The summed E-state index contributed by atoms with van der Waals surface area (Å²) >= 11 is 0. The van der Waals surface area contributed by atoms with Crippen molar-refractivity contribution in [3.05, 3.63) is 0 Å². The van der Waals surface area contributed by atoms with Crippen LogP contribution in [0.2, 0.25) is 0 Å². The van der Waals surface area contributed by atoms with E-state index < -0.39 is 24.3 Å². The van der Waals surface area contributed by atoms with Gasteiger partial charge in [-0.25, -0.2) is 13.2 Å². The molecular weight excluding hydrogens is 233 g/mol. The lowest BCUT2D eigenvalue weighted by molar-refractivity contribution is 0.271. The first-order valence-electron chi connectivity index (χ1n) is 2.01. The lowest BCUT2D eigenvalue weighted by Crippen LogP contribution is -1.81. The van der Waals surface area contributed by atoms with Gasteiger partial charge in [-0.15, -0.1) is 0 Å². The van der Waals surface area contributed by atoms with Gasteiger partial charge in [0.2, 0.25) is 0 Å². The molecule has 76 valence electrons. The first-order chi connectivity index (χ1) is 4.83. The summed E-state index contributed by atoms with van der Waals surface area (Å²) in [6.07, 6.45) is 0. The molecule has 0 saturated heterocycles. The molecule has 2 unspecified atom stereocenters. The van der Waals surface area contributed by atoms with Crippen LogP contribution < -0.4 is 0 Å². The maximum absolute atomic E-state index is 10.3. The van der Waals surface area contributed by atoms with Crippen molar-refractivity contribution in [3.8, 4) is 0 Å². The predicted octanol–water partition coefficient (Wildman–Crippen LogP) is 0.520. The fraction of sp³-hybridized carbons (Fsp3) is 1.00. The highest BCUT2D eigenvalue weighted by atomic mass is 31.3. The Morgan fingerprint density at radius 1 is 1.08 bits per heavy atom. The second kappa shape index (κ2) is 6.02. The molecule has 0 aliphatic carbocycles. The summed E-state index contributed by atoms with van der Waals surface area (Å²) in [4.78, 5) is 24.2. The Morgan fingerprint density at radius 2 is 1.33 bits per heavy atom. The van der Waals surface area contributed by atoms with Crippen LogP contribution in [0.15, 0.2) is 0 Å². The van der Waals surface area contributed by atoms with Gasteiger partial charge in [-0.2, -0.15) is 0 Å². The quantitative estimate of drug-likeness (QED) is 0.608. The van der Waals surface area contributed by atoms with Crippen LogP contribution in [0.4, 0.5) is 0 Å². The molecule has 0 rings (SSSR count). The molecule has 0 aromatic heterocycles. The van der Waals surface area contributed by atoms with E-state index in [4.69, 9.17) is 14.7 Å². The topological polar surface area (TPSA) is 130 Å². The molecule has 8 nitrogen and oxygen atoms in total. The molecule has 0 amide bonds. The van der Waals surface area contributed by atoms with Gasteiger partial charge in [0.15, 0.2) is 0 Å². The van der Waals surface area contributed by atoms with E-state index in [0.717, 1.165) is 0 Å². The van der Waals surface area contributed by atoms with E-state index in [2.05, 4.69) is 8.62 Å². The molecule has 11 heteroatoms. The van der Waals surface area contributed by atoms with Gasteiger partial charge >= 0.3 is 24.3 Å². The molecule has 2 atom stereocenters. The lowest BCUT2D eigenvalue weighted by atomic mass is 12.0. The van der Waals surface area contributed by atoms with E-state index in [0.29, 0.717) is 0 Å². The minimum absolute atomic E-state index is 0. The van der Waals surface area contributed by atoms with E-state index >= 15 is 0 Å². The largest absolute Gasteiger partial charge is 0.486 e. The van der Waals surface area contributed by atoms with Gasteiger partial charge in [-0.3, -0.25) is 9.13 Å². The fourth-order valence-corrected chi connectivity index (χ4v) is 2.28. The SMILES string of the molecule is C.O=[PH](O)OP(=O)(O)O[PH](=O)O. The summed E-state index contributed by atoms with van der Waals surface area (Å²) in [6.45, 7) is 0. The van der Waals surface area contributed by atoms with Crippen LogP contribution in [0.5, 0.6) is 0 Å². The maximum Gasteiger partial charge on any atom is 0.486 e. The summed E-state index contributed by atoms with van der Waals surface area (Å²) in [5.41, 5.74) is 0. The standard InChI is InChI=1S/CH4.H5O8P3/c;1-9(2)7-11(5,6)8-10(3)4/h1H4;9-10H,(H,1,2)(H,3,4)(H,5,6). The molecule has 0 fully saturated rings. The zero-order chi connectivity index (χ0) is 9.07. The molecule has 0 aliphatic rings. The van der Waals surface area contributed by atoms with Gasteiger partial charge in [0.1, 0.15) is 0 Å². The molecule has 0 aromatic rings. The second-order valence-electron chi connectivity index (χ2n) is 1.18. The van der Waals surface area contributed by atoms with E-state index in [1.165, 1.54) is 0 Å². The van der Waals surface area contributed by atoms with E-state index in [1.807, 2.05) is 0 Å². The Bertz CT molecular complexity index is 200. The molecule has 0 saturated carbocycles. The minimum atomic E-state index is -4.84. The van der Waals surface area contributed by atoms with Crippen LogP contribution in [-0.4, -0.2) is 14.7 Å². The van der Waals surface area contributed by atoms with Crippen LogP contribution in [0.1, 0.15) is 7.43 Å². The molecule has 0 radical (unpaired) electrons. The molecule has 12 heavy (non-hydrogen) atoms. The molecule has 0 aromatic carbocycles. The molecule has 0 aliphatic heterocycles. The van der Waals surface area contributed by atoms with Gasteiger partial charge in [0.05, 0.1) is 0 Å². The van der Waals surface area contributed by atoms with E-state index in [9.17, 15) is 13.7 Å². The third kappa shape index (κ3) is 8.59. The van der Waals surface area contributed by atoms with Crippen LogP contribution >= 0.6 is 24.3 Å². The van der Waals surface area contributed by atoms with Crippen molar-refractivity contribution < 1.29 is 37.0 Å². The first-order valence-corrected chi connectivity index (χ1v) is 6.03. The van der Waals surface area contributed by atoms with Crippen LogP contribution in [0.3, 0.4) is 0 Å². The monoisotopic (exact) mass is 242 g/mol. The van der Waals surface area contributed by atoms with Gasteiger partial charge < -0.3 is 14.7 Å². The molecule has 0 bridgehead atoms. The van der Waals surface area contributed by atoms with Crippen LogP contribution in [-0.2, 0) is 22.3 Å². The summed E-state index contributed by atoms with van der Waals surface area (Å²) < 4.78 is 36.6. The Morgan fingerprint density at radius 3 is 1.50 bits per heavy atom. The van der Waals surface area contributed by atoms with Crippen molar-refractivity contribution in [1.29, 1.82) is 0 Å². The average molecular weight is 242 g/mol. The Labute approximate surface area is 69.7 Å². The highest BCUT2D eigenvalue weighted by molar-refractivity contribution is 7.60. The molecule has 3 N–H and O–H groups in total. The third-order valence-corrected chi connectivity index (χ3v) is 3.48. The van der Waals surface area contributed by atoms with Crippen molar-refractivity contribution in [2.45, 2.75) is 7.43 Å². The molecule has 0 spiro atoms. The van der Waals surface area contributed by atoms with Gasteiger partial charge in [-0.1, -0.05) is 7.43 Å². The van der Waals surface area contributed by atoms with Gasteiger partial charge in [0, 0.05) is 0 Å². The summed E-state index contributed by atoms with van der Waals surface area (Å²) in [7, 11) is -12.2. The summed E-state index contributed by atoms with van der Waals surface area (Å²) in [5, 5.41) is 0. The maximum atomic E-state index is 10.3. The Kier molecular flexibility index (Phi) is 7.52. The van der Waals surface area contributed by atoms with Crippen LogP contribution in [0, 0.1) is 0 Å². The van der Waals surface area contributed by atoms with Crippen LogP contribution in [0.25, 0.3) is 0 Å². The normalized spacial score (nSPS) is 20.2. The number of rotatable bonds is 4. The minimum Gasteiger partial charge on any atom is -0.326 e. The fourth-order valence-electron chi connectivity index (χ4n) is 0.216. The highest BCUT2D eigenvalue weighted by Crippen LogP contribution is 2.55. The zero-order valence-corrected chi connectivity index (χ0v) is 7.72. The summed E-state index contributed by atoms with van der Waals surface area (Å²) in [5.74, 6) is 0. The second-order valence-corrected chi connectivity index (χ2v) is 4.64. The van der Waals surface area contributed by atoms with Crippen molar-refractivity contribution >= 4 is 24.3 Å². The van der Waals surface area contributed by atoms with E-state index in [-0.39, 0.29) is 7.43 Å². The van der Waals surface area contributed by atoms with Crippen molar-refractivity contribution in [2.24, 2.45) is 0 Å². The highest BCUT2D eigenvalue weighted by Gasteiger charge is 2.25. The molecule has 0 heterocycles. The smallest absolute Gasteiger partial charge is 0.326 e. The van der Waals surface area contributed by atoms with Gasteiger partial charge in [0.25, 0.3) is 0 Å².